The summed E-state index contributed by atoms with van der Waals surface area (Å²) in [4.78, 5) is 27.6. The maximum absolute atomic E-state index is 12.3. The minimum atomic E-state index is -0.285. The first kappa shape index (κ1) is 18.6. The van der Waals surface area contributed by atoms with Gasteiger partial charge >= 0.3 is 0 Å². The minimum absolute atomic E-state index is 0.0728. The van der Waals surface area contributed by atoms with Crippen molar-refractivity contribution in [2.45, 2.75) is 18.9 Å². The molecule has 0 radical (unpaired) electrons. The van der Waals surface area contributed by atoms with Crippen LogP contribution in [0.25, 0.3) is 0 Å². The van der Waals surface area contributed by atoms with Crippen molar-refractivity contribution in [3.63, 3.8) is 0 Å². The number of anilines is 1. The number of nitrogens with one attached hydrogen (secondary N) is 2. The number of carbonyl (C=O) groups is 2. The average molecular weight is 378 g/mol. The topological polar surface area (TPSA) is 86.9 Å². The predicted molar refractivity (Wildman–Crippen MR) is 95.9 cm³/mol. The van der Waals surface area contributed by atoms with Gasteiger partial charge in [0.25, 0.3) is 11.8 Å². The van der Waals surface area contributed by atoms with E-state index in [9.17, 15) is 9.59 Å². The standard InChI is InChI=1S/C18H21ClN4O3/c19-14-4-3-13(11-20)15(10-14)21-17(24)12-22-5-7-23(8-6-22)18(25)16-2-1-9-26-16/h3-4,10,16H,1-2,5-9,12H2,(H,21,24)/p+1/t16-/m0/s1. The highest BCUT2D eigenvalue weighted by Crippen LogP contribution is 2.20. The van der Waals surface area contributed by atoms with Gasteiger partial charge in [-0.05, 0) is 31.0 Å². The fourth-order valence-corrected chi connectivity index (χ4v) is 3.51. The van der Waals surface area contributed by atoms with Crippen molar-refractivity contribution in [3.05, 3.63) is 28.8 Å². The molecule has 2 aliphatic heterocycles. The van der Waals surface area contributed by atoms with Crippen LogP contribution in [0, 0.1) is 11.3 Å². The van der Waals surface area contributed by atoms with Crippen LogP contribution in [0.2, 0.25) is 5.02 Å². The number of carbonyl (C=O) groups excluding carboxylic acids is 2. The van der Waals surface area contributed by atoms with E-state index in [1.54, 1.807) is 18.2 Å². The maximum atomic E-state index is 12.3. The molecule has 1 atom stereocenters. The number of nitriles is 1. The Morgan fingerprint density at radius 3 is 2.81 bits per heavy atom. The molecule has 2 aliphatic rings. The zero-order chi connectivity index (χ0) is 18.5. The first-order valence-corrected chi connectivity index (χ1v) is 9.18. The number of benzene rings is 1. The molecule has 2 amide bonds. The van der Waals surface area contributed by atoms with Gasteiger partial charge in [0.05, 0.1) is 37.4 Å². The molecule has 2 fully saturated rings. The molecule has 0 bridgehead atoms. The number of hydrogen-bond acceptors (Lipinski definition) is 4. The monoisotopic (exact) mass is 377 g/mol. The van der Waals surface area contributed by atoms with Crippen molar-refractivity contribution >= 4 is 29.1 Å². The van der Waals surface area contributed by atoms with Gasteiger partial charge in [-0.25, -0.2) is 0 Å². The predicted octanol–water partition coefficient (Wildman–Crippen LogP) is 0.0563. The Labute approximate surface area is 157 Å². The van der Waals surface area contributed by atoms with E-state index in [-0.39, 0.29) is 17.9 Å². The number of nitrogens with zero attached hydrogens (tertiary/aromatic N) is 2. The first-order chi connectivity index (χ1) is 12.6. The minimum Gasteiger partial charge on any atom is -0.368 e. The van der Waals surface area contributed by atoms with Crippen LogP contribution in [-0.2, 0) is 14.3 Å². The van der Waals surface area contributed by atoms with Crippen LogP contribution in [0.5, 0.6) is 0 Å². The molecule has 26 heavy (non-hydrogen) atoms. The Bertz CT molecular complexity index is 720. The van der Waals surface area contributed by atoms with Gasteiger partial charge in [-0.3, -0.25) is 9.59 Å². The van der Waals surface area contributed by atoms with Crippen LogP contribution in [0.1, 0.15) is 18.4 Å². The molecule has 2 N–H and O–H groups in total. The summed E-state index contributed by atoms with van der Waals surface area (Å²) in [5.41, 5.74) is 0.807. The van der Waals surface area contributed by atoms with E-state index in [0.29, 0.717) is 55.6 Å². The third-order valence-electron chi connectivity index (χ3n) is 4.77. The lowest BCUT2D eigenvalue weighted by Crippen LogP contribution is -3.15. The molecule has 138 valence electrons. The van der Waals surface area contributed by atoms with Gasteiger partial charge < -0.3 is 19.9 Å². The van der Waals surface area contributed by atoms with Gasteiger partial charge in [0.2, 0.25) is 0 Å². The highest BCUT2D eigenvalue weighted by atomic mass is 35.5. The number of halogens is 1. The van der Waals surface area contributed by atoms with Crippen LogP contribution in [-0.4, -0.2) is 62.1 Å². The molecule has 3 rings (SSSR count). The fraction of sp³-hybridized carbons (Fsp3) is 0.500. The number of ether oxygens (including phenoxy) is 1. The molecule has 0 unspecified atom stereocenters. The lowest BCUT2D eigenvalue weighted by molar-refractivity contribution is -0.895. The number of quaternary nitrogens is 1. The lowest BCUT2D eigenvalue weighted by atomic mass is 10.2. The summed E-state index contributed by atoms with van der Waals surface area (Å²) in [6.07, 6.45) is 1.46. The van der Waals surface area contributed by atoms with Gasteiger partial charge in [-0.2, -0.15) is 5.26 Å². The average Bonchev–Trinajstić information content (AvgIpc) is 3.16. The molecule has 0 aromatic heterocycles. The van der Waals surface area contributed by atoms with Gasteiger partial charge in [0.1, 0.15) is 12.2 Å². The Balaban J connectivity index is 1.48. The molecular weight excluding hydrogens is 356 g/mol. The number of rotatable bonds is 4. The molecule has 0 saturated carbocycles. The zero-order valence-corrected chi connectivity index (χ0v) is 15.2. The summed E-state index contributed by atoms with van der Waals surface area (Å²) in [7, 11) is 0. The molecule has 2 saturated heterocycles. The SMILES string of the molecule is N#Cc1ccc(Cl)cc1NC(=O)C[NH+]1CCN(C(=O)[C@@H]2CCCO2)CC1. The maximum Gasteiger partial charge on any atom is 0.279 e. The number of amides is 2. The summed E-state index contributed by atoms with van der Waals surface area (Å²) in [6.45, 7) is 3.64. The second kappa shape index (κ2) is 8.49. The van der Waals surface area contributed by atoms with Gasteiger partial charge in [0.15, 0.2) is 6.54 Å². The molecule has 0 spiro atoms. The molecule has 1 aromatic carbocycles. The summed E-state index contributed by atoms with van der Waals surface area (Å²) in [6, 6.07) is 6.82. The Hall–Kier alpha value is -2.14. The van der Waals surface area contributed by atoms with Crippen LogP contribution in [0.15, 0.2) is 18.2 Å². The molecule has 7 nitrogen and oxygen atoms in total. The van der Waals surface area contributed by atoms with E-state index in [1.165, 1.54) is 0 Å². The Kier molecular flexibility index (Phi) is 6.09. The smallest absolute Gasteiger partial charge is 0.279 e. The Morgan fingerprint density at radius 2 is 2.15 bits per heavy atom. The highest BCUT2D eigenvalue weighted by Gasteiger charge is 2.32. The third kappa shape index (κ3) is 4.52. The van der Waals surface area contributed by atoms with Crippen molar-refractivity contribution in [3.8, 4) is 6.07 Å². The van der Waals surface area contributed by atoms with E-state index < -0.39 is 0 Å². The van der Waals surface area contributed by atoms with Crippen molar-refractivity contribution in [1.82, 2.24) is 4.90 Å². The van der Waals surface area contributed by atoms with Gasteiger partial charge in [-0.15, -0.1) is 0 Å². The van der Waals surface area contributed by atoms with Crippen LogP contribution in [0.4, 0.5) is 5.69 Å². The summed E-state index contributed by atoms with van der Waals surface area (Å²) in [5.74, 6) is -0.0961. The zero-order valence-electron chi connectivity index (χ0n) is 14.5. The number of hydrogen-bond donors (Lipinski definition) is 2. The summed E-state index contributed by atoms with van der Waals surface area (Å²) >= 11 is 5.94. The molecular formula is C18H22ClN4O3+. The first-order valence-electron chi connectivity index (χ1n) is 8.80. The lowest BCUT2D eigenvalue weighted by Gasteiger charge is -2.33. The van der Waals surface area contributed by atoms with E-state index in [0.717, 1.165) is 17.7 Å². The van der Waals surface area contributed by atoms with E-state index in [4.69, 9.17) is 21.6 Å². The largest absolute Gasteiger partial charge is 0.368 e. The highest BCUT2D eigenvalue weighted by molar-refractivity contribution is 6.31. The molecule has 0 aliphatic carbocycles. The molecule has 1 aromatic rings. The van der Waals surface area contributed by atoms with Crippen molar-refractivity contribution in [2.75, 3.05) is 44.6 Å². The van der Waals surface area contributed by atoms with Crippen molar-refractivity contribution < 1.29 is 19.2 Å². The summed E-state index contributed by atoms with van der Waals surface area (Å²) < 4.78 is 5.46. The van der Waals surface area contributed by atoms with E-state index in [1.807, 2.05) is 11.0 Å². The van der Waals surface area contributed by atoms with E-state index in [2.05, 4.69) is 5.32 Å². The molecule has 2 heterocycles. The van der Waals surface area contributed by atoms with Crippen molar-refractivity contribution in [2.24, 2.45) is 0 Å². The van der Waals surface area contributed by atoms with E-state index >= 15 is 0 Å². The van der Waals surface area contributed by atoms with Crippen molar-refractivity contribution in [1.29, 1.82) is 5.26 Å². The van der Waals surface area contributed by atoms with Crippen LogP contribution < -0.4 is 10.2 Å². The normalized spacial score (nSPS) is 20.6. The second-order valence-corrected chi connectivity index (χ2v) is 7.04. The Morgan fingerprint density at radius 1 is 1.38 bits per heavy atom. The van der Waals surface area contributed by atoms with Crippen LogP contribution in [0.3, 0.4) is 0 Å². The quantitative estimate of drug-likeness (QED) is 0.776. The summed E-state index contributed by atoms with van der Waals surface area (Å²) in [5, 5.41) is 12.3. The van der Waals surface area contributed by atoms with Crippen LogP contribution >= 0.6 is 11.6 Å². The van der Waals surface area contributed by atoms with Gasteiger partial charge in [0, 0.05) is 11.6 Å². The second-order valence-electron chi connectivity index (χ2n) is 6.60. The van der Waals surface area contributed by atoms with Gasteiger partial charge in [-0.1, -0.05) is 11.6 Å². The third-order valence-corrected chi connectivity index (χ3v) is 5.01. The fourth-order valence-electron chi connectivity index (χ4n) is 3.34. The number of piperazine rings is 1. The molecule has 8 heteroatoms.